The van der Waals surface area contributed by atoms with Crippen LogP contribution in [-0.4, -0.2) is 29.0 Å². The van der Waals surface area contributed by atoms with Crippen LogP contribution in [0, 0.1) is 21.3 Å². The molecule has 1 atom stereocenters. The van der Waals surface area contributed by atoms with Crippen molar-refractivity contribution in [2.24, 2.45) is 5.41 Å². The van der Waals surface area contributed by atoms with Crippen molar-refractivity contribution in [3.8, 4) is 0 Å². The largest absolute Gasteiger partial charge is 0.465 e. The summed E-state index contributed by atoms with van der Waals surface area (Å²) < 4.78 is 19.4. The third kappa shape index (κ3) is 6.88. The van der Waals surface area contributed by atoms with Gasteiger partial charge in [0.1, 0.15) is 5.82 Å². The number of hydrogen-bond donors (Lipinski definition) is 0. The van der Waals surface area contributed by atoms with Gasteiger partial charge in [-0.15, -0.1) is 11.8 Å². The first-order chi connectivity index (χ1) is 15.2. The van der Waals surface area contributed by atoms with Crippen LogP contribution in [-0.2, 0) is 9.53 Å². The Balaban J connectivity index is 2.33. The van der Waals surface area contributed by atoms with Gasteiger partial charge < -0.3 is 4.74 Å². The fourth-order valence-corrected chi connectivity index (χ4v) is 4.69. The highest BCUT2D eigenvalue weighted by molar-refractivity contribution is 7.99. The molecule has 2 rings (SSSR count). The van der Waals surface area contributed by atoms with E-state index in [0.29, 0.717) is 10.6 Å². The summed E-state index contributed by atoms with van der Waals surface area (Å²) in [6.45, 7) is 5.79. The number of ketones is 1. The molecule has 8 heteroatoms. The van der Waals surface area contributed by atoms with Gasteiger partial charge in [-0.05, 0) is 31.0 Å². The van der Waals surface area contributed by atoms with Gasteiger partial charge in [-0.25, -0.2) is 4.39 Å². The van der Waals surface area contributed by atoms with Crippen LogP contribution in [0.5, 0.6) is 0 Å². The third-order valence-corrected chi connectivity index (χ3v) is 6.86. The van der Waals surface area contributed by atoms with E-state index in [2.05, 4.69) is 6.92 Å². The Morgan fingerprint density at radius 3 is 2.56 bits per heavy atom. The van der Waals surface area contributed by atoms with E-state index >= 15 is 0 Å². The number of carbonyl (C=O) groups is 2. The average Bonchev–Trinajstić information content (AvgIpc) is 2.79. The number of nitrogens with zero attached hydrogens (tertiary/aromatic N) is 1. The Morgan fingerprint density at radius 1 is 1.19 bits per heavy atom. The molecule has 32 heavy (non-hydrogen) atoms. The van der Waals surface area contributed by atoms with Gasteiger partial charge in [0.05, 0.1) is 11.5 Å². The normalized spacial score (nSPS) is 12.8. The number of nitro groups is 1. The Bertz CT molecular complexity index is 981. The van der Waals surface area contributed by atoms with Crippen LogP contribution in [0.2, 0.25) is 0 Å². The Morgan fingerprint density at radius 2 is 1.94 bits per heavy atom. The summed E-state index contributed by atoms with van der Waals surface area (Å²) in [5.74, 6) is -0.799. The number of thioether (sulfide) groups is 1. The summed E-state index contributed by atoms with van der Waals surface area (Å²) >= 11 is 1.41. The molecular weight excluding hydrogens is 433 g/mol. The van der Waals surface area contributed by atoms with E-state index in [1.807, 2.05) is 6.92 Å². The number of ether oxygens (including phenoxy) is 1. The van der Waals surface area contributed by atoms with Crippen molar-refractivity contribution in [1.29, 1.82) is 0 Å². The molecule has 0 amide bonds. The molecule has 0 saturated heterocycles. The van der Waals surface area contributed by atoms with Gasteiger partial charge in [0, 0.05) is 46.2 Å². The van der Waals surface area contributed by atoms with Crippen molar-refractivity contribution in [3.63, 3.8) is 0 Å². The van der Waals surface area contributed by atoms with E-state index in [-0.39, 0.29) is 34.8 Å². The number of hydrogen-bond acceptors (Lipinski definition) is 6. The monoisotopic (exact) mass is 461 g/mol. The van der Waals surface area contributed by atoms with Gasteiger partial charge in [0.25, 0.3) is 5.69 Å². The molecule has 0 bridgehead atoms. The second kappa shape index (κ2) is 11.8. The highest BCUT2D eigenvalue weighted by Crippen LogP contribution is 2.38. The zero-order valence-corrected chi connectivity index (χ0v) is 19.4. The number of benzene rings is 2. The van der Waals surface area contributed by atoms with Gasteiger partial charge in [0.2, 0.25) is 0 Å². The quantitative estimate of drug-likeness (QED) is 0.123. The maximum absolute atomic E-state index is 14.0. The maximum Gasteiger partial charge on any atom is 0.302 e. The van der Waals surface area contributed by atoms with Gasteiger partial charge >= 0.3 is 5.97 Å². The molecule has 0 aliphatic heterocycles. The lowest BCUT2D eigenvalue weighted by Gasteiger charge is -2.32. The SMILES string of the molecule is CCCC[C@@](CC)(COC(C)=O)CSc1ccc(F)cc1C(=O)c1cccc([N+](=O)[O-])c1. The number of non-ortho nitro benzene ring substituents is 1. The summed E-state index contributed by atoms with van der Waals surface area (Å²) in [6.07, 6.45) is 3.61. The van der Waals surface area contributed by atoms with Gasteiger partial charge in [-0.3, -0.25) is 19.7 Å². The molecule has 0 spiro atoms. The standard InChI is InChI=1S/C24H28FNO5S/c1-4-6-12-24(5-2,15-31-17(3)27)16-32-22-11-10-19(25)14-21(22)23(28)18-8-7-9-20(13-18)26(29)30/h7-11,13-14H,4-6,12,15-16H2,1-3H3/t24-/m0/s1. The molecule has 0 N–H and O–H groups in total. The lowest BCUT2D eigenvalue weighted by Crippen LogP contribution is -2.30. The first kappa shape index (κ1) is 25.5. The number of esters is 1. The Hall–Kier alpha value is -2.74. The molecule has 0 unspecified atom stereocenters. The van der Waals surface area contributed by atoms with E-state index in [0.717, 1.165) is 31.7 Å². The first-order valence-corrected chi connectivity index (χ1v) is 11.5. The molecular formula is C24H28FNO5S. The molecule has 0 saturated carbocycles. The van der Waals surface area contributed by atoms with Crippen LogP contribution in [0.15, 0.2) is 47.4 Å². The van der Waals surface area contributed by atoms with Crippen molar-refractivity contribution in [2.75, 3.05) is 12.4 Å². The molecule has 172 valence electrons. The molecule has 0 aromatic heterocycles. The molecule has 0 radical (unpaired) electrons. The van der Waals surface area contributed by atoms with E-state index in [1.54, 1.807) is 6.07 Å². The van der Waals surface area contributed by atoms with Gasteiger partial charge in [-0.1, -0.05) is 38.8 Å². The fraction of sp³-hybridized carbons (Fsp3) is 0.417. The topological polar surface area (TPSA) is 86.5 Å². The van der Waals surface area contributed by atoms with Gasteiger partial charge in [-0.2, -0.15) is 0 Å². The fourth-order valence-electron chi connectivity index (χ4n) is 3.33. The summed E-state index contributed by atoms with van der Waals surface area (Å²) in [5.41, 5.74) is -0.192. The minimum absolute atomic E-state index is 0.124. The van der Waals surface area contributed by atoms with E-state index in [1.165, 1.54) is 49.0 Å². The van der Waals surface area contributed by atoms with E-state index in [4.69, 9.17) is 4.74 Å². The van der Waals surface area contributed by atoms with Crippen LogP contribution in [0.3, 0.4) is 0 Å². The minimum Gasteiger partial charge on any atom is -0.465 e. The number of halogens is 1. The Kier molecular flexibility index (Phi) is 9.38. The van der Waals surface area contributed by atoms with Crippen molar-refractivity contribution in [3.05, 3.63) is 69.5 Å². The zero-order chi connectivity index (χ0) is 23.7. The minimum atomic E-state index is -0.573. The van der Waals surface area contributed by atoms with Crippen molar-refractivity contribution >= 4 is 29.2 Å². The average molecular weight is 462 g/mol. The number of rotatable bonds is 12. The zero-order valence-electron chi connectivity index (χ0n) is 18.6. The van der Waals surface area contributed by atoms with Crippen molar-refractivity contribution in [2.45, 2.75) is 51.3 Å². The van der Waals surface area contributed by atoms with Crippen LogP contribution < -0.4 is 0 Å². The highest BCUT2D eigenvalue weighted by Gasteiger charge is 2.30. The van der Waals surface area contributed by atoms with Crippen LogP contribution in [0.25, 0.3) is 0 Å². The lowest BCUT2D eigenvalue weighted by atomic mass is 9.83. The summed E-state index contributed by atoms with van der Waals surface area (Å²) in [4.78, 5) is 35.6. The molecule has 6 nitrogen and oxygen atoms in total. The van der Waals surface area contributed by atoms with Crippen LogP contribution in [0.4, 0.5) is 10.1 Å². The van der Waals surface area contributed by atoms with Crippen molar-refractivity contribution in [1.82, 2.24) is 0 Å². The van der Waals surface area contributed by atoms with E-state index < -0.39 is 16.5 Å². The second-order valence-corrected chi connectivity index (χ2v) is 8.82. The van der Waals surface area contributed by atoms with Crippen LogP contribution in [0.1, 0.15) is 62.4 Å². The van der Waals surface area contributed by atoms with E-state index in [9.17, 15) is 24.1 Å². The second-order valence-electron chi connectivity index (χ2n) is 7.80. The summed E-state index contributed by atoms with van der Waals surface area (Å²) in [7, 11) is 0. The number of unbranched alkanes of at least 4 members (excludes halogenated alkanes) is 1. The lowest BCUT2D eigenvalue weighted by molar-refractivity contribution is -0.384. The molecule has 0 fully saturated rings. The molecule has 0 aliphatic carbocycles. The molecule has 2 aromatic rings. The Labute approximate surface area is 191 Å². The smallest absolute Gasteiger partial charge is 0.302 e. The molecule has 0 heterocycles. The number of carbonyl (C=O) groups excluding carboxylic acids is 2. The third-order valence-electron chi connectivity index (χ3n) is 5.43. The highest BCUT2D eigenvalue weighted by atomic mass is 32.2. The van der Waals surface area contributed by atoms with Crippen LogP contribution >= 0.6 is 11.8 Å². The predicted octanol–water partition coefficient (Wildman–Crippen LogP) is 6.21. The summed E-state index contributed by atoms with van der Waals surface area (Å²) in [5, 5.41) is 11.1. The number of nitro benzene ring substituents is 1. The molecule has 2 aromatic carbocycles. The maximum atomic E-state index is 14.0. The van der Waals surface area contributed by atoms with Crippen molar-refractivity contribution < 1.29 is 23.6 Å². The summed E-state index contributed by atoms with van der Waals surface area (Å²) in [6, 6.07) is 9.41. The predicted molar refractivity (Wildman–Crippen MR) is 123 cm³/mol. The molecule has 0 aliphatic rings. The first-order valence-electron chi connectivity index (χ1n) is 10.6. The van der Waals surface area contributed by atoms with Gasteiger partial charge in [0.15, 0.2) is 5.78 Å².